The van der Waals surface area contributed by atoms with E-state index in [2.05, 4.69) is 50.6 Å². The average Bonchev–Trinajstić information content (AvgIpc) is 3.63. The molecule has 1 aliphatic carbocycles. The lowest BCUT2D eigenvalue weighted by Crippen LogP contribution is -2.56. The zero-order chi connectivity index (χ0) is 29.3. The molecule has 1 saturated carbocycles. The molecule has 6 rings (SSSR count). The van der Waals surface area contributed by atoms with E-state index in [1.54, 1.807) is 4.90 Å². The Morgan fingerprint density at radius 3 is 2.52 bits per heavy atom. The van der Waals surface area contributed by atoms with Crippen LogP contribution in [0.5, 0.6) is 0 Å². The average molecular weight is 636 g/mol. The van der Waals surface area contributed by atoms with Crippen molar-refractivity contribution in [2.24, 2.45) is 11.8 Å². The Labute approximate surface area is 256 Å². The van der Waals surface area contributed by atoms with Gasteiger partial charge in [0.25, 0.3) is 0 Å². The second-order valence-corrected chi connectivity index (χ2v) is 13.1. The first kappa shape index (κ1) is 29.1. The molecule has 3 heterocycles. The molecule has 3 amide bonds. The van der Waals surface area contributed by atoms with Gasteiger partial charge in [0.15, 0.2) is 0 Å². The zero-order valence-electron chi connectivity index (χ0n) is 24.0. The van der Waals surface area contributed by atoms with Crippen LogP contribution >= 0.6 is 15.9 Å². The van der Waals surface area contributed by atoms with E-state index in [4.69, 9.17) is 4.74 Å². The second kappa shape index (κ2) is 12.3. The van der Waals surface area contributed by atoms with Gasteiger partial charge in [0.2, 0.25) is 17.7 Å². The number of halogens is 1. The molecule has 1 spiro atoms. The topological polar surface area (TPSA) is 91.0 Å². The van der Waals surface area contributed by atoms with Crippen LogP contribution in [0.2, 0.25) is 0 Å². The number of carbonyl (C=O) groups is 3. The third-order valence-electron chi connectivity index (χ3n) is 9.22. The highest BCUT2D eigenvalue weighted by atomic mass is 79.9. The highest BCUT2D eigenvalue weighted by Gasteiger charge is 2.72. The molecule has 9 heteroatoms. The van der Waals surface area contributed by atoms with Gasteiger partial charge in [-0.25, -0.2) is 0 Å². The van der Waals surface area contributed by atoms with Crippen molar-refractivity contribution in [2.75, 3.05) is 25.5 Å². The number of fused-ring (bicyclic) bond motifs is 1. The van der Waals surface area contributed by atoms with Crippen LogP contribution in [0.1, 0.15) is 44.1 Å². The Morgan fingerprint density at radius 1 is 1.05 bits per heavy atom. The van der Waals surface area contributed by atoms with Crippen molar-refractivity contribution in [1.29, 1.82) is 0 Å². The minimum atomic E-state index is -1.14. The highest BCUT2D eigenvalue weighted by Crippen LogP contribution is 2.55. The summed E-state index contributed by atoms with van der Waals surface area (Å²) in [5.74, 6) is -2.06. The van der Waals surface area contributed by atoms with Crippen LogP contribution in [0, 0.1) is 11.8 Å². The minimum Gasteiger partial charge on any atom is -0.359 e. The van der Waals surface area contributed by atoms with E-state index in [9.17, 15) is 14.4 Å². The predicted octanol–water partition coefficient (Wildman–Crippen LogP) is 4.51. The fourth-order valence-corrected chi connectivity index (χ4v) is 7.54. The van der Waals surface area contributed by atoms with Gasteiger partial charge in [-0.1, -0.05) is 77.7 Å². The fourth-order valence-electron chi connectivity index (χ4n) is 7.28. The molecule has 3 aliphatic heterocycles. The molecule has 3 unspecified atom stereocenters. The lowest BCUT2D eigenvalue weighted by Gasteiger charge is -2.34. The molecule has 0 aromatic heterocycles. The van der Waals surface area contributed by atoms with Crippen molar-refractivity contribution in [3.05, 3.63) is 76.8 Å². The molecule has 5 atom stereocenters. The molecule has 42 heavy (non-hydrogen) atoms. The SMILES string of the molecule is CN(CCCN1C(=O)[C@H]2C(C(=O)Nc3ccc(Br)cc3)[C@H]3C=CC2(O3)C1C(=O)NC1CCCCC1)Cc1ccccc1. The van der Waals surface area contributed by atoms with Gasteiger partial charge in [0, 0.05) is 29.3 Å². The Morgan fingerprint density at radius 2 is 1.79 bits per heavy atom. The summed E-state index contributed by atoms with van der Waals surface area (Å²) in [6.07, 6.45) is 9.19. The molecule has 2 saturated heterocycles. The number of amides is 3. The number of carbonyl (C=O) groups excluding carboxylic acids is 3. The van der Waals surface area contributed by atoms with Gasteiger partial charge in [-0.05, 0) is 62.7 Å². The smallest absolute Gasteiger partial charge is 0.246 e. The van der Waals surface area contributed by atoms with Crippen LogP contribution in [-0.2, 0) is 25.7 Å². The lowest BCUT2D eigenvalue weighted by molar-refractivity contribution is -0.141. The number of ether oxygens (including phenoxy) is 1. The van der Waals surface area contributed by atoms with E-state index in [1.165, 1.54) is 12.0 Å². The Kier molecular flexibility index (Phi) is 8.52. The number of benzene rings is 2. The van der Waals surface area contributed by atoms with Gasteiger partial charge in [0.1, 0.15) is 11.6 Å². The summed E-state index contributed by atoms with van der Waals surface area (Å²) in [6, 6.07) is 16.9. The molecule has 2 aromatic rings. The number of hydrogen-bond acceptors (Lipinski definition) is 5. The van der Waals surface area contributed by atoms with E-state index >= 15 is 0 Å². The number of rotatable bonds is 10. The van der Waals surface area contributed by atoms with Crippen LogP contribution in [0.4, 0.5) is 5.69 Å². The molecular weight excluding hydrogens is 596 g/mol. The number of hydrogen-bond donors (Lipinski definition) is 2. The van der Waals surface area contributed by atoms with Gasteiger partial charge >= 0.3 is 0 Å². The van der Waals surface area contributed by atoms with Gasteiger partial charge in [0.05, 0.1) is 17.9 Å². The summed E-state index contributed by atoms with van der Waals surface area (Å²) in [6.45, 7) is 1.99. The van der Waals surface area contributed by atoms with E-state index in [1.807, 2.05) is 54.6 Å². The second-order valence-electron chi connectivity index (χ2n) is 12.1. The van der Waals surface area contributed by atoms with Crippen LogP contribution in [0.25, 0.3) is 0 Å². The maximum absolute atomic E-state index is 14.2. The van der Waals surface area contributed by atoms with E-state index in [0.717, 1.165) is 43.2 Å². The van der Waals surface area contributed by atoms with Crippen molar-refractivity contribution < 1.29 is 19.1 Å². The van der Waals surface area contributed by atoms with Crippen molar-refractivity contribution in [2.45, 2.75) is 68.9 Å². The third-order valence-corrected chi connectivity index (χ3v) is 9.75. The van der Waals surface area contributed by atoms with Gasteiger partial charge < -0.3 is 25.2 Å². The Bertz CT molecular complexity index is 1330. The zero-order valence-corrected chi connectivity index (χ0v) is 25.6. The molecule has 0 radical (unpaired) electrons. The molecule has 8 nitrogen and oxygen atoms in total. The molecule has 222 valence electrons. The maximum Gasteiger partial charge on any atom is 0.246 e. The monoisotopic (exact) mass is 634 g/mol. The number of anilines is 1. The van der Waals surface area contributed by atoms with E-state index in [-0.39, 0.29) is 23.8 Å². The predicted molar refractivity (Wildman–Crippen MR) is 164 cm³/mol. The summed E-state index contributed by atoms with van der Waals surface area (Å²) < 4.78 is 7.40. The van der Waals surface area contributed by atoms with Crippen molar-refractivity contribution in [1.82, 2.24) is 15.1 Å². The summed E-state index contributed by atoms with van der Waals surface area (Å²) >= 11 is 3.42. The minimum absolute atomic E-state index is 0.106. The molecule has 2 bridgehead atoms. The Balaban J connectivity index is 1.21. The molecular formula is C33H39BrN4O4. The first-order valence-corrected chi connectivity index (χ1v) is 15.9. The van der Waals surface area contributed by atoms with Gasteiger partial charge in [-0.2, -0.15) is 0 Å². The van der Waals surface area contributed by atoms with E-state index in [0.29, 0.717) is 18.7 Å². The number of nitrogens with one attached hydrogen (secondary N) is 2. The quantitative estimate of drug-likeness (QED) is 0.375. The first-order chi connectivity index (χ1) is 20.4. The molecule has 2 aromatic carbocycles. The standard InChI is InChI=1S/C33H39BrN4O4/c1-37(21-22-9-4-2-5-10-22)19-8-20-38-29(31(40)36-24-11-6-3-7-12-24)33-18-17-26(42-33)27(28(33)32(38)41)30(39)35-25-15-13-23(34)14-16-25/h2,4-5,9-10,13-18,24,26-29H,3,6-8,11-12,19-21H2,1H3,(H,35,39)(H,36,40)/t26-,27?,28-,29?,33?/m1/s1. The van der Waals surface area contributed by atoms with Crippen molar-refractivity contribution in [3.8, 4) is 0 Å². The Hall–Kier alpha value is -3.01. The normalized spacial score (nSPS) is 28.4. The van der Waals surface area contributed by atoms with Gasteiger partial charge in [-0.3, -0.25) is 14.4 Å². The summed E-state index contributed by atoms with van der Waals surface area (Å²) in [5, 5.41) is 6.24. The highest BCUT2D eigenvalue weighted by molar-refractivity contribution is 9.10. The maximum atomic E-state index is 14.2. The summed E-state index contributed by atoms with van der Waals surface area (Å²) in [5.41, 5.74) is 0.739. The third kappa shape index (κ3) is 5.66. The van der Waals surface area contributed by atoms with Crippen LogP contribution in [0.3, 0.4) is 0 Å². The largest absolute Gasteiger partial charge is 0.359 e. The number of nitrogens with zero attached hydrogens (tertiary/aromatic N) is 2. The molecule has 2 N–H and O–H groups in total. The lowest BCUT2D eigenvalue weighted by atomic mass is 9.74. The number of likely N-dealkylation sites (tertiary alicyclic amines) is 1. The summed E-state index contributed by atoms with van der Waals surface area (Å²) in [4.78, 5) is 45.7. The van der Waals surface area contributed by atoms with Crippen molar-refractivity contribution >= 4 is 39.3 Å². The van der Waals surface area contributed by atoms with Crippen LogP contribution in [0.15, 0.2) is 71.2 Å². The molecule has 4 aliphatic rings. The molecule has 3 fully saturated rings. The van der Waals surface area contributed by atoms with Crippen molar-refractivity contribution in [3.63, 3.8) is 0 Å². The van der Waals surface area contributed by atoms with Crippen LogP contribution in [-0.4, -0.2) is 71.4 Å². The fraction of sp³-hybridized carbons (Fsp3) is 0.485. The van der Waals surface area contributed by atoms with Gasteiger partial charge in [-0.15, -0.1) is 0 Å². The van der Waals surface area contributed by atoms with E-state index < -0.39 is 29.6 Å². The van der Waals surface area contributed by atoms with Crippen LogP contribution < -0.4 is 10.6 Å². The first-order valence-electron chi connectivity index (χ1n) is 15.1. The summed E-state index contributed by atoms with van der Waals surface area (Å²) in [7, 11) is 2.06.